The number of benzene rings is 1. The molecular formula is C21H23N3OS2. The number of hydrogen-bond donors (Lipinski definition) is 1. The summed E-state index contributed by atoms with van der Waals surface area (Å²) in [5.74, 6) is 0.498. The highest BCUT2D eigenvalue weighted by Gasteiger charge is 2.19. The molecule has 6 heteroatoms. The van der Waals surface area contributed by atoms with Crippen molar-refractivity contribution in [3.05, 3.63) is 41.5 Å². The van der Waals surface area contributed by atoms with Crippen molar-refractivity contribution < 1.29 is 4.79 Å². The Balaban J connectivity index is 1.56. The molecule has 1 fully saturated rings. The number of carbonyl (C=O) groups is 1. The van der Waals surface area contributed by atoms with Crippen molar-refractivity contribution in [1.29, 1.82) is 0 Å². The van der Waals surface area contributed by atoms with Gasteiger partial charge in [0, 0.05) is 16.5 Å². The maximum absolute atomic E-state index is 12.4. The first-order valence-corrected chi connectivity index (χ1v) is 11.2. The Morgan fingerprint density at radius 3 is 2.74 bits per heavy atom. The molecule has 0 aliphatic heterocycles. The van der Waals surface area contributed by atoms with Crippen LogP contribution in [0.1, 0.15) is 37.0 Å². The second kappa shape index (κ2) is 8.40. The lowest BCUT2D eigenvalue weighted by atomic mass is 9.95. The van der Waals surface area contributed by atoms with E-state index in [0.717, 1.165) is 28.1 Å². The summed E-state index contributed by atoms with van der Waals surface area (Å²) in [5, 5.41) is 5.15. The maximum atomic E-state index is 12.4. The van der Waals surface area contributed by atoms with Gasteiger partial charge in [0.25, 0.3) is 0 Å². The number of fused-ring (bicyclic) bond motifs is 1. The van der Waals surface area contributed by atoms with Gasteiger partial charge in [-0.05, 0) is 25.3 Å². The number of aromatic nitrogens is 2. The molecule has 2 aromatic heterocycles. The van der Waals surface area contributed by atoms with E-state index in [1.165, 1.54) is 47.0 Å². The third-order valence-corrected chi connectivity index (χ3v) is 7.00. The fourth-order valence-electron chi connectivity index (χ4n) is 3.73. The molecule has 0 saturated heterocycles. The zero-order valence-corrected chi connectivity index (χ0v) is 17.0. The third kappa shape index (κ3) is 4.17. The van der Waals surface area contributed by atoms with Crippen molar-refractivity contribution in [3.8, 4) is 11.1 Å². The SMILES string of the molecule is Cc1sc2ncnc(SCC(=O)NC3CCCCC3)c2c1-c1ccccc1. The smallest absolute Gasteiger partial charge is 0.230 e. The van der Waals surface area contributed by atoms with E-state index in [4.69, 9.17) is 0 Å². The van der Waals surface area contributed by atoms with Gasteiger partial charge in [-0.1, -0.05) is 61.4 Å². The highest BCUT2D eigenvalue weighted by molar-refractivity contribution is 8.00. The van der Waals surface area contributed by atoms with Crippen LogP contribution >= 0.6 is 23.1 Å². The number of hydrogen-bond acceptors (Lipinski definition) is 5. The predicted octanol–water partition coefficient (Wildman–Crippen LogP) is 5.21. The van der Waals surface area contributed by atoms with Crippen LogP contribution in [0.15, 0.2) is 41.7 Å². The van der Waals surface area contributed by atoms with Crippen LogP contribution in [0.25, 0.3) is 21.3 Å². The Labute approximate surface area is 167 Å². The first-order valence-electron chi connectivity index (χ1n) is 9.44. The van der Waals surface area contributed by atoms with E-state index < -0.39 is 0 Å². The Morgan fingerprint density at radius 1 is 1.19 bits per heavy atom. The van der Waals surface area contributed by atoms with E-state index in [9.17, 15) is 4.79 Å². The number of nitrogens with one attached hydrogen (secondary N) is 1. The minimum atomic E-state index is 0.104. The first-order chi connectivity index (χ1) is 13.2. The lowest BCUT2D eigenvalue weighted by Crippen LogP contribution is -2.37. The van der Waals surface area contributed by atoms with Crippen molar-refractivity contribution in [1.82, 2.24) is 15.3 Å². The van der Waals surface area contributed by atoms with Crippen molar-refractivity contribution in [3.63, 3.8) is 0 Å². The van der Waals surface area contributed by atoms with Gasteiger partial charge in [-0.15, -0.1) is 11.3 Å². The summed E-state index contributed by atoms with van der Waals surface area (Å²) in [6.45, 7) is 2.12. The van der Waals surface area contributed by atoms with Crippen LogP contribution in [0.5, 0.6) is 0 Å². The Kier molecular flexibility index (Phi) is 5.74. The summed E-state index contributed by atoms with van der Waals surface area (Å²) in [6.07, 6.45) is 7.55. The Bertz CT molecular complexity index is 933. The van der Waals surface area contributed by atoms with Crippen LogP contribution in [-0.4, -0.2) is 27.7 Å². The summed E-state index contributed by atoms with van der Waals surface area (Å²) in [7, 11) is 0. The van der Waals surface area contributed by atoms with Crippen LogP contribution in [0.3, 0.4) is 0 Å². The van der Waals surface area contributed by atoms with E-state index in [-0.39, 0.29) is 5.91 Å². The summed E-state index contributed by atoms with van der Waals surface area (Å²) in [4.78, 5) is 23.6. The fourth-order valence-corrected chi connectivity index (χ4v) is 5.62. The number of rotatable bonds is 5. The molecule has 2 heterocycles. The predicted molar refractivity (Wildman–Crippen MR) is 113 cm³/mol. The molecule has 27 heavy (non-hydrogen) atoms. The summed E-state index contributed by atoms with van der Waals surface area (Å²) in [5.41, 5.74) is 2.36. The van der Waals surface area contributed by atoms with E-state index in [1.54, 1.807) is 17.7 Å². The minimum absolute atomic E-state index is 0.104. The molecule has 0 atom stereocenters. The van der Waals surface area contributed by atoms with Gasteiger partial charge in [0.1, 0.15) is 16.2 Å². The van der Waals surface area contributed by atoms with Crippen molar-refractivity contribution in [2.24, 2.45) is 0 Å². The topological polar surface area (TPSA) is 54.9 Å². The normalized spacial score (nSPS) is 15.1. The van der Waals surface area contributed by atoms with Gasteiger partial charge in [-0.2, -0.15) is 0 Å². The van der Waals surface area contributed by atoms with Gasteiger partial charge >= 0.3 is 0 Å². The number of amides is 1. The van der Waals surface area contributed by atoms with Gasteiger partial charge in [0.05, 0.1) is 11.1 Å². The number of carbonyl (C=O) groups excluding carboxylic acids is 1. The van der Waals surface area contributed by atoms with E-state index in [1.807, 2.05) is 18.2 Å². The standard InChI is InChI=1S/C21H23N3OS2/c1-14-18(15-8-4-2-5-9-15)19-20(22-13-23-21(19)27-14)26-12-17(25)24-16-10-6-3-7-11-16/h2,4-5,8-9,13,16H,3,6-7,10-12H2,1H3,(H,24,25). The molecule has 4 nitrogen and oxygen atoms in total. The minimum Gasteiger partial charge on any atom is -0.353 e. The molecule has 1 aliphatic carbocycles. The molecule has 1 N–H and O–H groups in total. The molecular weight excluding hydrogens is 374 g/mol. The van der Waals surface area contributed by atoms with Crippen LogP contribution in [-0.2, 0) is 4.79 Å². The molecule has 1 aliphatic rings. The number of nitrogens with zero attached hydrogens (tertiary/aromatic N) is 2. The molecule has 1 aromatic carbocycles. The second-order valence-corrected chi connectivity index (χ2v) is 9.12. The average molecular weight is 398 g/mol. The number of thiophene rings is 1. The molecule has 1 amide bonds. The lowest BCUT2D eigenvalue weighted by molar-refractivity contribution is -0.119. The van der Waals surface area contributed by atoms with Crippen LogP contribution in [0.2, 0.25) is 0 Å². The molecule has 0 bridgehead atoms. The molecule has 0 spiro atoms. The zero-order chi connectivity index (χ0) is 18.6. The van der Waals surface area contributed by atoms with E-state index in [0.29, 0.717) is 11.8 Å². The largest absolute Gasteiger partial charge is 0.353 e. The molecule has 0 unspecified atom stereocenters. The number of thioether (sulfide) groups is 1. The Morgan fingerprint density at radius 2 is 1.96 bits per heavy atom. The molecule has 0 radical (unpaired) electrons. The van der Waals surface area contributed by atoms with E-state index in [2.05, 4.69) is 34.3 Å². The van der Waals surface area contributed by atoms with Gasteiger partial charge in [0.2, 0.25) is 5.91 Å². The fraction of sp³-hybridized carbons (Fsp3) is 0.381. The molecule has 140 valence electrons. The molecule has 1 saturated carbocycles. The second-order valence-electron chi connectivity index (χ2n) is 6.95. The van der Waals surface area contributed by atoms with E-state index >= 15 is 0 Å². The average Bonchev–Trinajstić information content (AvgIpc) is 3.04. The van der Waals surface area contributed by atoms with Crippen molar-refractivity contribution >= 4 is 39.2 Å². The summed E-state index contributed by atoms with van der Waals surface area (Å²) >= 11 is 3.20. The van der Waals surface area contributed by atoms with Crippen molar-refractivity contribution in [2.75, 3.05) is 5.75 Å². The lowest BCUT2D eigenvalue weighted by Gasteiger charge is -2.22. The molecule has 4 rings (SSSR count). The third-order valence-electron chi connectivity index (χ3n) is 5.00. The summed E-state index contributed by atoms with van der Waals surface area (Å²) in [6, 6.07) is 10.7. The van der Waals surface area contributed by atoms with Crippen LogP contribution < -0.4 is 5.32 Å². The molecule has 3 aromatic rings. The van der Waals surface area contributed by atoms with Gasteiger partial charge in [0.15, 0.2) is 0 Å². The Hall–Kier alpha value is -1.92. The van der Waals surface area contributed by atoms with Crippen LogP contribution in [0, 0.1) is 6.92 Å². The quantitative estimate of drug-likeness (QED) is 0.474. The first kappa shape index (κ1) is 18.4. The summed E-state index contributed by atoms with van der Waals surface area (Å²) < 4.78 is 0. The maximum Gasteiger partial charge on any atom is 0.230 e. The van der Waals surface area contributed by atoms with Gasteiger partial charge < -0.3 is 5.32 Å². The van der Waals surface area contributed by atoms with Crippen molar-refractivity contribution in [2.45, 2.75) is 50.1 Å². The zero-order valence-electron chi connectivity index (χ0n) is 15.4. The highest BCUT2D eigenvalue weighted by atomic mass is 32.2. The number of aryl methyl sites for hydroxylation is 1. The monoisotopic (exact) mass is 397 g/mol. The van der Waals surface area contributed by atoms with Gasteiger partial charge in [-0.3, -0.25) is 4.79 Å². The van der Waals surface area contributed by atoms with Crippen LogP contribution in [0.4, 0.5) is 0 Å². The highest BCUT2D eigenvalue weighted by Crippen LogP contribution is 2.41. The van der Waals surface area contributed by atoms with Gasteiger partial charge in [-0.25, -0.2) is 9.97 Å².